The molecule has 0 fully saturated rings. The maximum absolute atomic E-state index is 5.39. The van der Waals surface area contributed by atoms with Gasteiger partial charge in [-0.15, -0.1) is 0 Å². The van der Waals surface area contributed by atoms with E-state index in [2.05, 4.69) is 58.3 Å². The minimum atomic E-state index is 0.763. The van der Waals surface area contributed by atoms with Crippen LogP contribution < -0.4 is 10.2 Å². The van der Waals surface area contributed by atoms with Crippen molar-refractivity contribution in [1.82, 2.24) is 5.32 Å². The highest BCUT2D eigenvalue weighted by Crippen LogP contribution is 2.27. The van der Waals surface area contributed by atoms with Crippen LogP contribution in [0.15, 0.2) is 45.5 Å². The van der Waals surface area contributed by atoms with Gasteiger partial charge in [-0.1, -0.05) is 13.0 Å². The summed E-state index contributed by atoms with van der Waals surface area (Å²) in [6.45, 7) is 4.90. The van der Waals surface area contributed by atoms with Gasteiger partial charge in [-0.05, 0) is 58.7 Å². The molecule has 0 saturated heterocycles. The van der Waals surface area contributed by atoms with Gasteiger partial charge < -0.3 is 14.6 Å². The van der Waals surface area contributed by atoms with Crippen molar-refractivity contribution in [2.24, 2.45) is 0 Å². The summed E-state index contributed by atoms with van der Waals surface area (Å²) in [5, 5.41) is 3.41. The van der Waals surface area contributed by atoms with E-state index in [0.29, 0.717) is 0 Å². The summed E-state index contributed by atoms with van der Waals surface area (Å²) in [6, 6.07) is 10.4. The van der Waals surface area contributed by atoms with Crippen molar-refractivity contribution in [3.63, 3.8) is 0 Å². The van der Waals surface area contributed by atoms with Crippen molar-refractivity contribution in [2.75, 3.05) is 18.5 Å². The van der Waals surface area contributed by atoms with E-state index in [1.807, 2.05) is 12.1 Å². The Balaban J connectivity index is 2.01. The molecule has 0 bridgehead atoms. The van der Waals surface area contributed by atoms with E-state index in [0.717, 1.165) is 36.3 Å². The molecule has 0 aliphatic heterocycles. The number of benzene rings is 1. The van der Waals surface area contributed by atoms with Gasteiger partial charge in [0, 0.05) is 18.1 Å². The number of hydrogen-bond donors (Lipinski definition) is 1. The highest BCUT2D eigenvalue weighted by Gasteiger charge is 2.08. The summed E-state index contributed by atoms with van der Waals surface area (Å²) in [5.74, 6) is 0.966. The molecule has 0 radical (unpaired) electrons. The molecule has 20 heavy (non-hydrogen) atoms. The Labute approximate surface area is 129 Å². The summed E-state index contributed by atoms with van der Waals surface area (Å²) in [4.78, 5) is 2.17. The molecule has 1 heterocycles. The summed E-state index contributed by atoms with van der Waals surface area (Å²) >= 11 is 3.66. The maximum Gasteiger partial charge on any atom is 0.123 e. The Morgan fingerprint density at radius 2 is 2.15 bits per heavy atom. The Bertz CT molecular complexity index is 525. The molecule has 1 N–H and O–H groups in total. The third-order valence-electron chi connectivity index (χ3n) is 3.15. The van der Waals surface area contributed by atoms with Crippen molar-refractivity contribution < 1.29 is 4.42 Å². The van der Waals surface area contributed by atoms with Gasteiger partial charge in [-0.2, -0.15) is 0 Å². The zero-order valence-corrected chi connectivity index (χ0v) is 13.6. The Kier molecular flexibility index (Phi) is 5.68. The number of nitrogens with zero attached hydrogens (tertiary/aromatic N) is 1. The summed E-state index contributed by atoms with van der Waals surface area (Å²) in [6.07, 6.45) is 2.87. The Hall–Kier alpha value is -1.26. The van der Waals surface area contributed by atoms with Crippen LogP contribution in [0.1, 0.15) is 24.7 Å². The molecule has 0 atom stereocenters. The summed E-state index contributed by atoms with van der Waals surface area (Å²) in [5.41, 5.74) is 2.46. The summed E-state index contributed by atoms with van der Waals surface area (Å²) in [7, 11) is 2.07. The number of nitrogens with one attached hydrogen (secondary N) is 1. The quantitative estimate of drug-likeness (QED) is 0.769. The van der Waals surface area contributed by atoms with Crippen molar-refractivity contribution in [3.8, 4) is 0 Å². The third-order valence-corrected chi connectivity index (χ3v) is 3.79. The molecule has 0 amide bonds. The average Bonchev–Trinajstić information content (AvgIpc) is 2.92. The number of halogens is 1. The van der Waals surface area contributed by atoms with Crippen LogP contribution in [-0.2, 0) is 13.1 Å². The minimum Gasteiger partial charge on any atom is -0.467 e. The second-order valence-electron chi connectivity index (χ2n) is 4.90. The van der Waals surface area contributed by atoms with Crippen molar-refractivity contribution in [1.29, 1.82) is 0 Å². The molecule has 3 nitrogen and oxygen atoms in total. The van der Waals surface area contributed by atoms with Crippen LogP contribution in [-0.4, -0.2) is 13.6 Å². The second kappa shape index (κ2) is 7.50. The Morgan fingerprint density at radius 1 is 1.30 bits per heavy atom. The SMILES string of the molecule is CCCNCc1ccc(N(C)Cc2ccco2)c(Br)c1. The predicted octanol–water partition coefficient (Wildman–Crippen LogP) is 4.18. The van der Waals surface area contributed by atoms with Crippen LogP contribution >= 0.6 is 15.9 Å². The fourth-order valence-corrected chi connectivity index (χ4v) is 2.83. The molecule has 0 unspecified atom stereocenters. The zero-order chi connectivity index (χ0) is 14.4. The molecule has 1 aromatic carbocycles. The highest BCUT2D eigenvalue weighted by atomic mass is 79.9. The van der Waals surface area contributed by atoms with Gasteiger partial charge in [-0.3, -0.25) is 0 Å². The highest BCUT2D eigenvalue weighted by molar-refractivity contribution is 9.10. The first kappa shape index (κ1) is 15.1. The first-order chi connectivity index (χ1) is 9.70. The molecule has 0 aliphatic carbocycles. The molecule has 2 aromatic rings. The molecule has 0 saturated carbocycles. The monoisotopic (exact) mass is 336 g/mol. The van der Waals surface area contributed by atoms with E-state index < -0.39 is 0 Å². The van der Waals surface area contributed by atoms with Gasteiger partial charge in [-0.25, -0.2) is 0 Å². The topological polar surface area (TPSA) is 28.4 Å². The number of rotatable bonds is 7. The standard InChI is InChI=1S/C16H21BrN2O/c1-3-8-18-11-13-6-7-16(15(17)10-13)19(2)12-14-5-4-9-20-14/h4-7,9-10,18H,3,8,11-12H2,1-2H3. The van der Waals surface area contributed by atoms with Crippen LogP contribution in [0.4, 0.5) is 5.69 Å². The predicted molar refractivity (Wildman–Crippen MR) is 87.0 cm³/mol. The van der Waals surface area contributed by atoms with Gasteiger partial charge in [0.2, 0.25) is 0 Å². The van der Waals surface area contributed by atoms with E-state index in [4.69, 9.17) is 4.42 Å². The second-order valence-corrected chi connectivity index (χ2v) is 5.75. The molecule has 0 aliphatic rings. The average molecular weight is 337 g/mol. The van der Waals surface area contributed by atoms with Crippen LogP contribution in [0.2, 0.25) is 0 Å². The lowest BCUT2D eigenvalue weighted by Crippen LogP contribution is -2.17. The third kappa shape index (κ3) is 4.12. The summed E-state index contributed by atoms with van der Waals surface area (Å²) < 4.78 is 6.50. The molecule has 2 rings (SSSR count). The van der Waals surface area contributed by atoms with Gasteiger partial charge in [0.25, 0.3) is 0 Å². The zero-order valence-electron chi connectivity index (χ0n) is 12.0. The van der Waals surface area contributed by atoms with Crippen LogP contribution in [0, 0.1) is 0 Å². The van der Waals surface area contributed by atoms with Gasteiger partial charge in [0.15, 0.2) is 0 Å². The number of hydrogen-bond acceptors (Lipinski definition) is 3. The number of anilines is 1. The van der Waals surface area contributed by atoms with E-state index in [1.165, 1.54) is 11.3 Å². The minimum absolute atomic E-state index is 0.763. The van der Waals surface area contributed by atoms with Crippen LogP contribution in [0.5, 0.6) is 0 Å². The van der Waals surface area contributed by atoms with Gasteiger partial charge in [0.05, 0.1) is 18.5 Å². The molecule has 108 valence electrons. The Morgan fingerprint density at radius 3 is 2.80 bits per heavy atom. The molecular formula is C16H21BrN2O. The molecule has 1 aromatic heterocycles. The fourth-order valence-electron chi connectivity index (χ4n) is 2.10. The normalized spacial score (nSPS) is 10.8. The smallest absolute Gasteiger partial charge is 0.123 e. The number of furan rings is 1. The largest absolute Gasteiger partial charge is 0.467 e. The lowest BCUT2D eigenvalue weighted by atomic mass is 10.2. The lowest BCUT2D eigenvalue weighted by Gasteiger charge is -2.20. The molecule has 0 spiro atoms. The van der Waals surface area contributed by atoms with Gasteiger partial charge in [0.1, 0.15) is 5.76 Å². The lowest BCUT2D eigenvalue weighted by molar-refractivity contribution is 0.507. The van der Waals surface area contributed by atoms with Crippen LogP contribution in [0.25, 0.3) is 0 Å². The fraction of sp³-hybridized carbons (Fsp3) is 0.375. The van der Waals surface area contributed by atoms with Crippen molar-refractivity contribution in [3.05, 3.63) is 52.4 Å². The van der Waals surface area contributed by atoms with E-state index >= 15 is 0 Å². The maximum atomic E-state index is 5.39. The van der Waals surface area contributed by atoms with E-state index in [-0.39, 0.29) is 0 Å². The van der Waals surface area contributed by atoms with Gasteiger partial charge >= 0.3 is 0 Å². The van der Waals surface area contributed by atoms with Crippen molar-refractivity contribution >= 4 is 21.6 Å². The van der Waals surface area contributed by atoms with Crippen molar-refractivity contribution in [2.45, 2.75) is 26.4 Å². The van der Waals surface area contributed by atoms with E-state index in [9.17, 15) is 0 Å². The van der Waals surface area contributed by atoms with Crippen LogP contribution in [0.3, 0.4) is 0 Å². The first-order valence-corrected chi connectivity index (χ1v) is 7.72. The first-order valence-electron chi connectivity index (χ1n) is 6.93. The van der Waals surface area contributed by atoms with E-state index in [1.54, 1.807) is 6.26 Å². The molecule has 4 heteroatoms. The molecular weight excluding hydrogens is 316 g/mol.